The number of hydrazine groups is 1. The first-order valence-electron chi connectivity index (χ1n) is 4.44. The number of hydrogen-bond donors (Lipinski definition) is 0. The molecule has 0 aromatic rings. The molecule has 2 heterocycles. The van der Waals surface area contributed by atoms with Gasteiger partial charge in [0.15, 0.2) is 0 Å². The van der Waals surface area contributed by atoms with Crippen molar-refractivity contribution >= 4 is 5.78 Å². The van der Waals surface area contributed by atoms with Crippen molar-refractivity contribution in [2.45, 2.75) is 12.8 Å². The second-order valence-corrected chi connectivity index (χ2v) is 3.57. The number of carbonyl (C=O) groups is 1. The Labute approximate surface area is 72.6 Å². The highest BCUT2D eigenvalue weighted by molar-refractivity contribution is 5.78. The van der Waals surface area contributed by atoms with Crippen LogP contribution in [-0.2, 0) is 4.79 Å². The first kappa shape index (κ1) is 7.95. The number of carbonyl (C=O) groups excluding carboxylic acids is 1. The minimum absolute atomic E-state index is 0.398. The fourth-order valence-electron chi connectivity index (χ4n) is 1.84. The van der Waals surface area contributed by atoms with Gasteiger partial charge in [0.1, 0.15) is 5.78 Å². The van der Waals surface area contributed by atoms with Crippen molar-refractivity contribution in [3.8, 4) is 0 Å². The van der Waals surface area contributed by atoms with Crippen LogP contribution in [0.3, 0.4) is 0 Å². The lowest BCUT2D eigenvalue weighted by Gasteiger charge is -2.23. The van der Waals surface area contributed by atoms with Crippen molar-refractivity contribution in [3.63, 3.8) is 0 Å². The predicted molar refractivity (Wildman–Crippen MR) is 46.5 cm³/mol. The molecule has 0 aromatic carbocycles. The molecule has 66 valence electrons. The molecule has 12 heavy (non-hydrogen) atoms. The van der Waals surface area contributed by atoms with E-state index in [0.717, 1.165) is 26.2 Å². The van der Waals surface area contributed by atoms with Crippen molar-refractivity contribution in [2.75, 3.05) is 26.2 Å². The van der Waals surface area contributed by atoms with Crippen LogP contribution < -0.4 is 0 Å². The zero-order chi connectivity index (χ0) is 8.55. The predicted octanol–water partition coefficient (Wildman–Crippen LogP) is 0.438. The molecule has 2 saturated heterocycles. The van der Waals surface area contributed by atoms with Gasteiger partial charge in [-0.15, -0.1) is 0 Å². The van der Waals surface area contributed by atoms with Crippen LogP contribution in [0.1, 0.15) is 12.8 Å². The van der Waals surface area contributed by atoms with Crippen LogP contribution in [0.2, 0.25) is 0 Å². The van der Waals surface area contributed by atoms with Crippen molar-refractivity contribution in [2.24, 2.45) is 0 Å². The average molecular weight is 166 g/mol. The summed E-state index contributed by atoms with van der Waals surface area (Å²) in [5, 5.41) is 4.49. The molecule has 2 aliphatic heterocycles. The van der Waals surface area contributed by atoms with Gasteiger partial charge in [0.05, 0.1) is 0 Å². The van der Waals surface area contributed by atoms with Gasteiger partial charge in [0.2, 0.25) is 0 Å². The van der Waals surface area contributed by atoms with Crippen molar-refractivity contribution in [1.82, 2.24) is 10.0 Å². The number of fused-ring (bicyclic) bond motifs is 1. The Morgan fingerprint density at radius 2 is 1.58 bits per heavy atom. The smallest absolute Gasteiger partial charge is 0.135 e. The Morgan fingerprint density at radius 1 is 1.08 bits per heavy atom. The Hall–Kier alpha value is -0.670. The van der Waals surface area contributed by atoms with Crippen LogP contribution >= 0.6 is 0 Å². The SMILES string of the molecule is C=C1CN2CCC(=O)CCN2C1. The summed E-state index contributed by atoms with van der Waals surface area (Å²) in [5.74, 6) is 0.398. The molecule has 0 saturated carbocycles. The number of hydrogen-bond acceptors (Lipinski definition) is 3. The molecular formula is C9H14N2O. The summed E-state index contributed by atoms with van der Waals surface area (Å²) in [5.41, 5.74) is 1.27. The zero-order valence-corrected chi connectivity index (χ0v) is 7.25. The van der Waals surface area contributed by atoms with Gasteiger partial charge in [0.25, 0.3) is 0 Å². The second kappa shape index (κ2) is 2.99. The summed E-state index contributed by atoms with van der Waals surface area (Å²) in [7, 11) is 0. The van der Waals surface area contributed by atoms with Gasteiger partial charge in [-0.1, -0.05) is 6.58 Å². The normalized spacial score (nSPS) is 27.3. The van der Waals surface area contributed by atoms with Crippen LogP contribution in [0.4, 0.5) is 0 Å². The second-order valence-electron chi connectivity index (χ2n) is 3.57. The molecule has 0 bridgehead atoms. The molecule has 3 nitrogen and oxygen atoms in total. The Balaban J connectivity index is 2.04. The van der Waals surface area contributed by atoms with Gasteiger partial charge >= 0.3 is 0 Å². The molecule has 0 N–H and O–H groups in total. The number of rotatable bonds is 0. The van der Waals surface area contributed by atoms with Gasteiger partial charge in [-0.3, -0.25) is 4.79 Å². The van der Waals surface area contributed by atoms with Crippen LogP contribution in [0, 0.1) is 0 Å². The average Bonchev–Trinajstić information content (AvgIpc) is 2.31. The number of nitrogens with zero attached hydrogens (tertiary/aromatic N) is 2. The minimum atomic E-state index is 0.398. The van der Waals surface area contributed by atoms with Gasteiger partial charge < -0.3 is 0 Å². The van der Waals surface area contributed by atoms with E-state index in [9.17, 15) is 4.79 Å². The van der Waals surface area contributed by atoms with Gasteiger partial charge in [-0.25, -0.2) is 10.0 Å². The number of ketones is 1. The van der Waals surface area contributed by atoms with Crippen LogP contribution in [0.5, 0.6) is 0 Å². The molecule has 0 unspecified atom stereocenters. The van der Waals surface area contributed by atoms with Gasteiger partial charge in [-0.2, -0.15) is 0 Å². The highest BCUT2D eigenvalue weighted by Gasteiger charge is 2.27. The Kier molecular flexibility index (Phi) is 1.98. The van der Waals surface area contributed by atoms with E-state index in [0.29, 0.717) is 18.6 Å². The highest BCUT2D eigenvalue weighted by atomic mass is 16.1. The first-order chi connectivity index (χ1) is 5.75. The summed E-state index contributed by atoms with van der Waals surface area (Å²) in [4.78, 5) is 11.1. The standard InChI is InChI=1S/C9H14N2O/c1-8-6-10-4-2-9(12)3-5-11(10)7-8/h1-7H2. The summed E-state index contributed by atoms with van der Waals surface area (Å²) < 4.78 is 0. The lowest BCUT2D eigenvalue weighted by Crippen LogP contribution is -2.35. The van der Waals surface area contributed by atoms with Crippen molar-refractivity contribution in [3.05, 3.63) is 12.2 Å². The molecule has 2 rings (SSSR count). The third kappa shape index (κ3) is 1.42. The van der Waals surface area contributed by atoms with E-state index in [2.05, 4.69) is 16.6 Å². The summed E-state index contributed by atoms with van der Waals surface area (Å²) >= 11 is 0. The molecule has 3 heteroatoms. The molecule has 2 fully saturated rings. The first-order valence-corrected chi connectivity index (χ1v) is 4.44. The molecular weight excluding hydrogens is 152 g/mol. The topological polar surface area (TPSA) is 23.6 Å². The maximum Gasteiger partial charge on any atom is 0.135 e. The fraction of sp³-hybridized carbons (Fsp3) is 0.667. The van der Waals surface area contributed by atoms with Crippen molar-refractivity contribution < 1.29 is 4.79 Å². The molecule has 2 aliphatic rings. The Morgan fingerprint density at radius 3 is 2.08 bits per heavy atom. The van der Waals surface area contributed by atoms with Crippen LogP contribution in [0.25, 0.3) is 0 Å². The van der Waals surface area contributed by atoms with E-state index in [-0.39, 0.29) is 0 Å². The molecule has 0 spiro atoms. The van der Waals surface area contributed by atoms with E-state index in [1.165, 1.54) is 5.57 Å². The van der Waals surface area contributed by atoms with Gasteiger partial charge in [0, 0.05) is 39.0 Å². The summed E-state index contributed by atoms with van der Waals surface area (Å²) in [6.45, 7) is 7.64. The third-order valence-electron chi connectivity index (χ3n) is 2.51. The molecule has 0 aliphatic carbocycles. The van der Waals surface area contributed by atoms with Crippen molar-refractivity contribution in [1.29, 1.82) is 0 Å². The minimum Gasteiger partial charge on any atom is -0.300 e. The van der Waals surface area contributed by atoms with E-state index in [1.807, 2.05) is 0 Å². The molecule has 0 atom stereocenters. The fourth-order valence-corrected chi connectivity index (χ4v) is 1.84. The summed E-state index contributed by atoms with van der Waals surface area (Å²) in [6.07, 6.45) is 1.42. The quantitative estimate of drug-likeness (QED) is 0.488. The zero-order valence-electron chi connectivity index (χ0n) is 7.25. The van der Waals surface area contributed by atoms with Gasteiger partial charge in [-0.05, 0) is 5.57 Å². The largest absolute Gasteiger partial charge is 0.300 e. The van der Waals surface area contributed by atoms with E-state index >= 15 is 0 Å². The maximum absolute atomic E-state index is 11.1. The van der Waals surface area contributed by atoms with Crippen LogP contribution in [-0.4, -0.2) is 42.0 Å². The van der Waals surface area contributed by atoms with E-state index in [4.69, 9.17) is 0 Å². The molecule has 0 aromatic heterocycles. The van der Waals surface area contributed by atoms with Crippen LogP contribution in [0.15, 0.2) is 12.2 Å². The molecule has 0 amide bonds. The van der Waals surface area contributed by atoms with E-state index in [1.54, 1.807) is 0 Å². The Bertz CT molecular complexity index is 203. The van der Waals surface area contributed by atoms with E-state index < -0.39 is 0 Å². The lowest BCUT2D eigenvalue weighted by molar-refractivity contribution is -0.118. The highest BCUT2D eigenvalue weighted by Crippen LogP contribution is 2.17. The number of Topliss-reactive ketones (excluding diaryl/α,β-unsaturated/α-hetero) is 1. The molecule has 0 radical (unpaired) electrons. The maximum atomic E-state index is 11.1. The monoisotopic (exact) mass is 166 g/mol. The lowest BCUT2D eigenvalue weighted by atomic mass is 10.2. The third-order valence-corrected chi connectivity index (χ3v) is 2.51. The summed E-state index contributed by atoms with van der Waals surface area (Å²) in [6, 6.07) is 0.